The second-order valence-electron chi connectivity index (χ2n) is 5.66. The molecule has 1 unspecified atom stereocenters. The third-order valence-corrected chi connectivity index (χ3v) is 4.16. The number of rotatable bonds is 4. The summed E-state index contributed by atoms with van der Waals surface area (Å²) in [5, 5.41) is 0.802. The lowest BCUT2D eigenvalue weighted by Gasteiger charge is -2.17. The molecular weight excluding hydrogens is 303 g/mol. The average Bonchev–Trinajstić information content (AvgIpc) is 2.89. The number of likely N-dealkylation sites (tertiary alicyclic amines) is 1. The minimum Gasteiger partial charge on any atom is -0.473 e. The number of hydrogen-bond acceptors (Lipinski definition) is 3. The van der Waals surface area contributed by atoms with Crippen LogP contribution in [0.4, 0.5) is 4.39 Å². The first-order valence-electron chi connectivity index (χ1n) is 7.37. The molecule has 22 heavy (non-hydrogen) atoms. The molecule has 1 aromatic carbocycles. The van der Waals surface area contributed by atoms with E-state index in [9.17, 15) is 4.39 Å². The summed E-state index contributed by atoms with van der Waals surface area (Å²) in [5.41, 5.74) is 2.28. The van der Waals surface area contributed by atoms with E-state index in [1.807, 2.05) is 13.0 Å². The number of hydrogen-bond donors (Lipinski definition) is 0. The highest BCUT2D eigenvalue weighted by Gasteiger charge is 2.24. The molecule has 1 aliphatic rings. The van der Waals surface area contributed by atoms with Crippen molar-refractivity contribution in [3.05, 3.63) is 58.5 Å². The van der Waals surface area contributed by atoms with E-state index in [2.05, 4.69) is 22.0 Å². The van der Waals surface area contributed by atoms with Gasteiger partial charge in [-0.15, -0.1) is 0 Å². The summed E-state index contributed by atoms with van der Waals surface area (Å²) in [7, 11) is 0. The van der Waals surface area contributed by atoms with Crippen molar-refractivity contribution in [2.75, 3.05) is 13.1 Å². The molecule has 0 spiro atoms. The first kappa shape index (κ1) is 15.3. The molecular formula is C17H18ClFN2O. The van der Waals surface area contributed by atoms with Crippen molar-refractivity contribution in [3.63, 3.8) is 0 Å². The van der Waals surface area contributed by atoms with E-state index >= 15 is 0 Å². The first-order chi connectivity index (χ1) is 10.6. The normalized spacial score (nSPS) is 18.6. The van der Waals surface area contributed by atoms with Crippen molar-refractivity contribution < 1.29 is 9.13 Å². The van der Waals surface area contributed by atoms with Crippen molar-refractivity contribution >= 4 is 11.6 Å². The number of aromatic nitrogens is 1. The first-order valence-corrected chi connectivity index (χ1v) is 7.74. The molecule has 3 rings (SSSR count). The number of nitrogens with zero attached hydrogens (tertiary/aromatic N) is 2. The Balaban J connectivity index is 1.58. The molecule has 0 amide bonds. The molecule has 5 heteroatoms. The van der Waals surface area contributed by atoms with Crippen LogP contribution in [0.25, 0.3) is 0 Å². The highest BCUT2D eigenvalue weighted by Crippen LogP contribution is 2.23. The third-order valence-electron chi connectivity index (χ3n) is 3.81. The van der Waals surface area contributed by atoms with Gasteiger partial charge in [-0.05, 0) is 36.6 Å². The third kappa shape index (κ3) is 3.76. The van der Waals surface area contributed by atoms with Gasteiger partial charge in [0.1, 0.15) is 6.10 Å². The summed E-state index contributed by atoms with van der Waals surface area (Å²) in [4.78, 5) is 6.03. The molecule has 0 radical (unpaired) electrons. The minimum absolute atomic E-state index is 0.0403. The van der Waals surface area contributed by atoms with Crippen LogP contribution in [0, 0.1) is 12.9 Å². The van der Waals surface area contributed by atoms with E-state index in [1.165, 1.54) is 6.07 Å². The maximum atomic E-state index is 13.1. The number of aryl methyl sites for hydroxylation is 1. The van der Waals surface area contributed by atoms with Gasteiger partial charge in [-0.3, -0.25) is 4.90 Å². The smallest absolute Gasteiger partial charge is 0.216 e. The maximum absolute atomic E-state index is 13.1. The molecule has 116 valence electrons. The van der Waals surface area contributed by atoms with E-state index in [0.29, 0.717) is 5.88 Å². The Morgan fingerprint density at radius 2 is 2.23 bits per heavy atom. The molecule has 1 atom stereocenters. The predicted molar refractivity (Wildman–Crippen MR) is 84.7 cm³/mol. The summed E-state index contributed by atoms with van der Waals surface area (Å²) >= 11 is 6.28. The second kappa shape index (κ2) is 6.63. The largest absolute Gasteiger partial charge is 0.473 e. The second-order valence-corrected chi connectivity index (χ2v) is 6.06. The molecule has 1 aliphatic heterocycles. The fourth-order valence-corrected chi connectivity index (χ4v) is 2.98. The SMILES string of the molecule is Cc1ccc(CN2CCC(Oc3cccc(F)n3)C2)c(Cl)c1. The lowest BCUT2D eigenvalue weighted by molar-refractivity contribution is 0.189. The Hall–Kier alpha value is -1.65. The van der Waals surface area contributed by atoms with Gasteiger partial charge in [-0.2, -0.15) is 9.37 Å². The zero-order valence-electron chi connectivity index (χ0n) is 12.4. The quantitative estimate of drug-likeness (QED) is 0.800. The van der Waals surface area contributed by atoms with E-state index in [0.717, 1.165) is 42.2 Å². The predicted octanol–water partition coefficient (Wildman–Crippen LogP) is 3.84. The van der Waals surface area contributed by atoms with Crippen LogP contribution in [0.1, 0.15) is 17.5 Å². The molecule has 3 nitrogen and oxygen atoms in total. The lowest BCUT2D eigenvalue weighted by atomic mass is 10.1. The van der Waals surface area contributed by atoms with Gasteiger partial charge in [0.05, 0.1) is 0 Å². The molecule has 2 aromatic rings. The number of halogens is 2. The minimum atomic E-state index is -0.515. The zero-order chi connectivity index (χ0) is 15.5. The van der Waals surface area contributed by atoms with Gasteiger partial charge in [0.25, 0.3) is 0 Å². The van der Waals surface area contributed by atoms with Crippen molar-refractivity contribution in [3.8, 4) is 5.88 Å². The van der Waals surface area contributed by atoms with Crippen molar-refractivity contribution in [1.29, 1.82) is 0 Å². The highest BCUT2D eigenvalue weighted by molar-refractivity contribution is 6.31. The molecule has 1 saturated heterocycles. The van der Waals surface area contributed by atoms with Crippen LogP contribution in [0.2, 0.25) is 5.02 Å². The van der Waals surface area contributed by atoms with Crippen LogP contribution < -0.4 is 4.74 Å². The number of pyridine rings is 1. The maximum Gasteiger partial charge on any atom is 0.216 e. The molecule has 0 saturated carbocycles. The lowest BCUT2D eigenvalue weighted by Crippen LogP contribution is -2.25. The Labute approximate surface area is 134 Å². The van der Waals surface area contributed by atoms with E-state index in [1.54, 1.807) is 12.1 Å². The van der Waals surface area contributed by atoms with Crippen LogP contribution in [-0.2, 0) is 6.54 Å². The van der Waals surface area contributed by atoms with Gasteiger partial charge in [0.15, 0.2) is 0 Å². The van der Waals surface area contributed by atoms with Gasteiger partial charge < -0.3 is 4.74 Å². The van der Waals surface area contributed by atoms with E-state index < -0.39 is 5.95 Å². The van der Waals surface area contributed by atoms with Crippen molar-refractivity contribution in [2.24, 2.45) is 0 Å². The van der Waals surface area contributed by atoms with Crippen molar-refractivity contribution in [1.82, 2.24) is 9.88 Å². The summed E-state index contributed by atoms with van der Waals surface area (Å²) in [5.74, 6) is -0.168. The average molecular weight is 321 g/mol. The zero-order valence-corrected chi connectivity index (χ0v) is 13.2. The molecule has 0 aliphatic carbocycles. The van der Waals surface area contributed by atoms with Crippen LogP contribution in [0.3, 0.4) is 0 Å². The fraction of sp³-hybridized carbons (Fsp3) is 0.353. The van der Waals surface area contributed by atoms with Gasteiger partial charge >= 0.3 is 0 Å². The monoisotopic (exact) mass is 320 g/mol. The summed E-state index contributed by atoms with van der Waals surface area (Å²) in [6, 6.07) is 10.7. The standard InChI is InChI=1S/C17H18ClFN2O/c1-12-5-6-13(15(18)9-12)10-21-8-7-14(11-21)22-17-4-2-3-16(19)20-17/h2-6,9,14H,7-8,10-11H2,1H3. The van der Waals surface area contributed by atoms with E-state index in [4.69, 9.17) is 16.3 Å². The van der Waals surface area contributed by atoms with Crippen LogP contribution in [0.15, 0.2) is 36.4 Å². The van der Waals surface area contributed by atoms with Crippen LogP contribution in [-0.4, -0.2) is 29.1 Å². The van der Waals surface area contributed by atoms with Gasteiger partial charge in [-0.25, -0.2) is 0 Å². The van der Waals surface area contributed by atoms with Crippen LogP contribution >= 0.6 is 11.6 Å². The topological polar surface area (TPSA) is 25.4 Å². The number of benzene rings is 1. The Kier molecular flexibility index (Phi) is 4.60. The number of ether oxygens (including phenoxy) is 1. The van der Waals surface area contributed by atoms with Gasteiger partial charge in [-0.1, -0.05) is 29.8 Å². The molecule has 2 heterocycles. The van der Waals surface area contributed by atoms with Crippen LogP contribution in [0.5, 0.6) is 5.88 Å². The summed E-state index contributed by atoms with van der Waals surface area (Å²) in [6.45, 7) is 4.56. The summed E-state index contributed by atoms with van der Waals surface area (Å²) < 4.78 is 18.8. The Morgan fingerprint density at radius 1 is 1.36 bits per heavy atom. The van der Waals surface area contributed by atoms with Gasteiger partial charge in [0.2, 0.25) is 11.8 Å². The fourth-order valence-electron chi connectivity index (χ4n) is 2.68. The van der Waals surface area contributed by atoms with Gasteiger partial charge in [0, 0.05) is 30.7 Å². The Bertz CT molecular complexity index is 665. The Morgan fingerprint density at radius 3 is 3.00 bits per heavy atom. The van der Waals surface area contributed by atoms with E-state index in [-0.39, 0.29) is 6.10 Å². The summed E-state index contributed by atoms with van der Waals surface area (Å²) in [6.07, 6.45) is 0.945. The van der Waals surface area contributed by atoms with Crippen molar-refractivity contribution in [2.45, 2.75) is 26.0 Å². The molecule has 1 aromatic heterocycles. The molecule has 0 bridgehead atoms. The molecule has 0 N–H and O–H groups in total. The highest BCUT2D eigenvalue weighted by atomic mass is 35.5. The molecule has 1 fully saturated rings.